The maximum absolute atomic E-state index is 13.7. The highest BCUT2D eigenvalue weighted by molar-refractivity contribution is 7.86. The summed E-state index contributed by atoms with van der Waals surface area (Å²) in [5.41, 5.74) is 3.10. The van der Waals surface area contributed by atoms with E-state index in [0.717, 1.165) is 6.08 Å². The zero-order valence-corrected chi connectivity index (χ0v) is 24.7. The molecule has 10 nitrogen and oxygen atoms in total. The van der Waals surface area contributed by atoms with E-state index in [9.17, 15) is 27.4 Å². The lowest BCUT2D eigenvalue weighted by atomic mass is 9.82. The summed E-state index contributed by atoms with van der Waals surface area (Å²) in [6.07, 6.45) is 1.08. The van der Waals surface area contributed by atoms with Crippen molar-refractivity contribution < 1.29 is 32.1 Å². The quantitative estimate of drug-likeness (QED) is 0.112. The largest absolute Gasteiger partial charge is 0.456 e. The van der Waals surface area contributed by atoms with Crippen molar-refractivity contribution in [3.8, 4) is 11.5 Å². The first-order valence-corrected chi connectivity index (χ1v) is 15.1. The normalized spacial score (nSPS) is 12.3. The highest BCUT2D eigenvalue weighted by Crippen LogP contribution is 2.38. The zero-order chi connectivity index (χ0) is 31.6. The van der Waals surface area contributed by atoms with Crippen LogP contribution in [0.25, 0.3) is 0 Å². The van der Waals surface area contributed by atoms with E-state index in [1.807, 2.05) is 13.8 Å². The van der Waals surface area contributed by atoms with Gasteiger partial charge in [-0.05, 0) is 62.4 Å². The molecule has 1 amide bonds. The molecular formula is C33H29N3O7S. The Kier molecular flexibility index (Phi) is 8.34. The number of rotatable bonds is 10. The third kappa shape index (κ3) is 6.10. The number of ketones is 2. The number of para-hydroxylation sites is 1. The summed E-state index contributed by atoms with van der Waals surface area (Å²) in [5.74, 6) is -0.902. The minimum absolute atomic E-state index is 0.0234. The van der Waals surface area contributed by atoms with Crippen LogP contribution in [0.4, 0.5) is 17.1 Å². The first kappa shape index (κ1) is 30.2. The Hall–Kier alpha value is -5.26. The minimum atomic E-state index is -4.65. The average Bonchev–Trinajstić information content (AvgIpc) is 2.99. The summed E-state index contributed by atoms with van der Waals surface area (Å²) in [6, 6.07) is 20.9. The van der Waals surface area contributed by atoms with Gasteiger partial charge in [0.15, 0.2) is 17.3 Å². The molecule has 0 atom stereocenters. The predicted molar refractivity (Wildman–Crippen MR) is 167 cm³/mol. The number of nitrogens with one attached hydrogen (secondary N) is 3. The number of fused-ring (bicyclic) bond motifs is 2. The Labute approximate surface area is 254 Å². The monoisotopic (exact) mass is 611 g/mol. The second kappa shape index (κ2) is 12.2. The Morgan fingerprint density at radius 1 is 0.886 bits per heavy atom. The van der Waals surface area contributed by atoms with Crippen LogP contribution in [0.1, 0.15) is 51.3 Å². The summed E-state index contributed by atoms with van der Waals surface area (Å²) in [7, 11) is -4.65. The van der Waals surface area contributed by atoms with Gasteiger partial charge in [-0.15, -0.1) is 0 Å². The molecule has 0 fully saturated rings. The number of hydrogen-bond donors (Lipinski definition) is 4. The van der Waals surface area contributed by atoms with E-state index in [0.29, 0.717) is 39.3 Å². The maximum atomic E-state index is 13.7. The van der Waals surface area contributed by atoms with E-state index in [4.69, 9.17) is 4.74 Å². The summed E-state index contributed by atoms with van der Waals surface area (Å²) < 4.78 is 39.9. The number of benzene rings is 4. The van der Waals surface area contributed by atoms with E-state index < -0.39 is 20.9 Å². The molecule has 0 heterocycles. The molecule has 0 unspecified atom stereocenters. The van der Waals surface area contributed by atoms with Crippen LogP contribution in [0.5, 0.6) is 11.5 Å². The maximum Gasteiger partial charge on any atom is 0.298 e. The minimum Gasteiger partial charge on any atom is -0.456 e. The first-order chi connectivity index (χ1) is 21.0. The molecule has 4 aromatic carbocycles. The van der Waals surface area contributed by atoms with Crippen LogP contribution in [0, 0.1) is 0 Å². The molecule has 0 saturated heterocycles. The molecule has 0 aromatic heterocycles. The van der Waals surface area contributed by atoms with Gasteiger partial charge in [0.25, 0.3) is 10.1 Å². The Balaban J connectivity index is 1.47. The molecule has 0 radical (unpaired) electrons. The van der Waals surface area contributed by atoms with Gasteiger partial charge in [-0.1, -0.05) is 43.0 Å². The highest BCUT2D eigenvalue weighted by atomic mass is 32.2. The van der Waals surface area contributed by atoms with Gasteiger partial charge in [0.2, 0.25) is 5.91 Å². The fraction of sp³-hybridized carbons (Fsp3) is 0.121. The van der Waals surface area contributed by atoms with Crippen molar-refractivity contribution in [3.05, 3.63) is 119 Å². The number of amides is 1. The third-order valence-corrected chi connectivity index (χ3v) is 7.73. The third-order valence-electron chi connectivity index (χ3n) is 6.85. The summed E-state index contributed by atoms with van der Waals surface area (Å²) in [4.78, 5) is 38.5. The van der Waals surface area contributed by atoms with Crippen molar-refractivity contribution in [1.82, 2.24) is 5.32 Å². The second-order valence-corrected chi connectivity index (χ2v) is 11.7. The number of hydrogen-bond acceptors (Lipinski definition) is 8. The molecule has 0 spiro atoms. The summed E-state index contributed by atoms with van der Waals surface area (Å²) in [6.45, 7) is 7.20. The topological polar surface area (TPSA) is 151 Å². The molecule has 1 aliphatic carbocycles. The average molecular weight is 612 g/mol. The van der Waals surface area contributed by atoms with Crippen molar-refractivity contribution in [3.63, 3.8) is 0 Å². The van der Waals surface area contributed by atoms with E-state index in [1.165, 1.54) is 12.1 Å². The fourth-order valence-corrected chi connectivity index (χ4v) is 5.57. The molecule has 0 bridgehead atoms. The van der Waals surface area contributed by atoms with Gasteiger partial charge in [0.1, 0.15) is 10.6 Å². The Morgan fingerprint density at radius 3 is 2.09 bits per heavy atom. The van der Waals surface area contributed by atoms with E-state index >= 15 is 0 Å². The SMILES string of the molecule is C=CC(=O)NCc1cccc(S(=O)(=O)O)c1Oc1ccc(Nc2ccc(NC(C)C)c3c2C(=O)c2ccccc2C3=O)cc1. The number of anilines is 3. The van der Waals surface area contributed by atoms with Gasteiger partial charge in [-0.25, -0.2) is 0 Å². The highest BCUT2D eigenvalue weighted by Gasteiger charge is 2.34. The zero-order valence-electron chi connectivity index (χ0n) is 23.9. The van der Waals surface area contributed by atoms with E-state index in [-0.39, 0.29) is 41.2 Å². The van der Waals surface area contributed by atoms with Gasteiger partial charge in [0, 0.05) is 40.7 Å². The molecule has 5 rings (SSSR count). The number of ether oxygens (including phenoxy) is 1. The van der Waals surface area contributed by atoms with Crippen molar-refractivity contribution in [2.45, 2.75) is 31.3 Å². The van der Waals surface area contributed by atoms with Crippen LogP contribution < -0.4 is 20.7 Å². The van der Waals surface area contributed by atoms with Crippen LogP contribution in [-0.2, 0) is 21.5 Å². The van der Waals surface area contributed by atoms with Gasteiger partial charge >= 0.3 is 0 Å². The lowest BCUT2D eigenvalue weighted by Crippen LogP contribution is -2.25. The van der Waals surface area contributed by atoms with Crippen molar-refractivity contribution in [1.29, 1.82) is 0 Å². The van der Waals surface area contributed by atoms with Gasteiger partial charge < -0.3 is 20.7 Å². The summed E-state index contributed by atoms with van der Waals surface area (Å²) >= 11 is 0. The summed E-state index contributed by atoms with van der Waals surface area (Å²) in [5, 5.41) is 9.05. The molecule has 224 valence electrons. The van der Waals surface area contributed by atoms with Crippen molar-refractivity contribution in [2.24, 2.45) is 0 Å². The van der Waals surface area contributed by atoms with Crippen molar-refractivity contribution in [2.75, 3.05) is 10.6 Å². The van der Waals surface area contributed by atoms with Crippen LogP contribution in [0.15, 0.2) is 96.4 Å². The molecule has 44 heavy (non-hydrogen) atoms. The lowest BCUT2D eigenvalue weighted by molar-refractivity contribution is -0.116. The Morgan fingerprint density at radius 2 is 1.50 bits per heavy atom. The molecule has 0 aliphatic heterocycles. The van der Waals surface area contributed by atoms with Crippen LogP contribution in [0.3, 0.4) is 0 Å². The number of carbonyl (C=O) groups excluding carboxylic acids is 3. The first-order valence-electron chi connectivity index (χ1n) is 13.6. The van der Waals surface area contributed by atoms with Crippen LogP contribution >= 0.6 is 0 Å². The Bertz CT molecular complexity index is 1920. The fourth-order valence-electron chi connectivity index (χ4n) is 4.91. The molecule has 0 saturated carbocycles. The standard InChI is InChI=1S/C33H29N3O7S/c1-4-28(37)34-18-20-8-7-11-27(44(40,41)42)33(20)43-22-14-12-21(13-15-22)36-26-17-16-25(35-19(2)3)29-30(26)32(39)24-10-6-5-9-23(24)31(29)38/h4-17,19,35-36H,1,18H2,2-3H3,(H,34,37)(H,40,41,42). The smallest absolute Gasteiger partial charge is 0.298 e. The van der Waals surface area contributed by atoms with E-state index in [2.05, 4.69) is 22.5 Å². The molecule has 11 heteroatoms. The molecule has 4 N–H and O–H groups in total. The number of carbonyl (C=O) groups is 3. The van der Waals surface area contributed by atoms with E-state index in [1.54, 1.807) is 66.7 Å². The van der Waals surface area contributed by atoms with Gasteiger partial charge in [-0.2, -0.15) is 8.42 Å². The molecule has 4 aromatic rings. The molecular weight excluding hydrogens is 582 g/mol. The van der Waals surface area contributed by atoms with Crippen molar-refractivity contribution >= 4 is 44.7 Å². The second-order valence-electron chi connectivity index (χ2n) is 10.3. The predicted octanol–water partition coefficient (Wildman–Crippen LogP) is 5.87. The van der Waals surface area contributed by atoms with Gasteiger partial charge in [-0.3, -0.25) is 18.9 Å². The molecule has 1 aliphatic rings. The van der Waals surface area contributed by atoms with Crippen LogP contribution in [-0.4, -0.2) is 36.5 Å². The van der Waals surface area contributed by atoms with Crippen LogP contribution in [0.2, 0.25) is 0 Å². The van der Waals surface area contributed by atoms with Gasteiger partial charge in [0.05, 0.1) is 16.8 Å². The lowest BCUT2D eigenvalue weighted by Gasteiger charge is -2.24.